The van der Waals surface area contributed by atoms with Crippen LogP contribution in [0.2, 0.25) is 0 Å². The second kappa shape index (κ2) is 81.7. The number of rotatable bonds is 69. The molecular weight excluding hydrogens is 1300 g/mol. The highest BCUT2D eigenvalue weighted by Crippen LogP contribution is 2.12. The Balaban J connectivity index is 4.32. The second-order valence-electron chi connectivity index (χ2n) is 26.2. The summed E-state index contributed by atoms with van der Waals surface area (Å²) in [5.41, 5.74) is 0. The number of aliphatic carboxylic acids is 1. The molecule has 0 aliphatic carbocycles. The Hall–Kier alpha value is -7.95. The zero-order chi connectivity index (χ0) is 76.0. The van der Waals surface area contributed by atoms with Crippen molar-refractivity contribution in [1.82, 2.24) is 0 Å². The number of carbonyl (C=O) groups is 3. The zero-order valence-electron chi connectivity index (χ0n) is 66.0. The van der Waals surface area contributed by atoms with E-state index in [1.807, 2.05) is 21.1 Å². The van der Waals surface area contributed by atoms with Gasteiger partial charge in [0.05, 0.1) is 40.3 Å². The lowest BCUT2D eigenvalue weighted by Gasteiger charge is -2.26. The molecule has 0 aromatic rings. The van der Waals surface area contributed by atoms with Crippen molar-refractivity contribution in [3.63, 3.8) is 0 Å². The van der Waals surface area contributed by atoms with Crippen LogP contribution in [0.3, 0.4) is 0 Å². The van der Waals surface area contributed by atoms with E-state index in [9.17, 15) is 19.5 Å². The molecule has 9 nitrogen and oxygen atoms in total. The van der Waals surface area contributed by atoms with E-state index in [4.69, 9.17) is 18.9 Å². The van der Waals surface area contributed by atoms with Gasteiger partial charge >= 0.3 is 11.9 Å². The third kappa shape index (κ3) is 83.2. The number of quaternary nitrogens is 1. The molecule has 2 atom stereocenters. The molecule has 0 heterocycles. The number of ether oxygens (including phenoxy) is 4. The predicted octanol–water partition coefficient (Wildman–Crippen LogP) is 24.9. The van der Waals surface area contributed by atoms with Crippen LogP contribution in [0.4, 0.5) is 0 Å². The van der Waals surface area contributed by atoms with Gasteiger partial charge in [0.25, 0.3) is 0 Å². The van der Waals surface area contributed by atoms with Gasteiger partial charge in [0, 0.05) is 12.8 Å². The molecule has 0 saturated carbocycles. The molecule has 0 aliphatic rings. The lowest BCUT2D eigenvalue weighted by molar-refractivity contribution is -0.870. The SMILES string of the molecule is CC/C=C\C/C=C\C/C=C\C/C=C\C/C=C\C/C=C\C/C=C\C/C=C\C/C=C\C/C=C\C/C=C\C/C=C\CCCCCCC(=O)OC(COC(=O)CCCC/C=C\C/C=C\C/C=C\C/C=C\C/C=C\C/C=C\C/C=C\C/C=C\C/C=C\C/C=C\C/C=C\C/C=C\CC)COC(OCC[N+](C)(C)C)C(=O)[O-]. The van der Waals surface area contributed by atoms with Crippen LogP contribution in [0, 0.1) is 0 Å². The summed E-state index contributed by atoms with van der Waals surface area (Å²) in [4.78, 5) is 37.6. The molecular formula is C96H141NO8. The molecule has 0 rings (SSSR count). The number of likely N-dealkylation sites (N-methyl/N-ethyl adjacent to an activating group) is 1. The van der Waals surface area contributed by atoms with Crippen molar-refractivity contribution in [2.75, 3.05) is 47.5 Å². The van der Waals surface area contributed by atoms with Gasteiger partial charge in [0.2, 0.25) is 0 Å². The summed E-state index contributed by atoms with van der Waals surface area (Å²) in [6, 6.07) is 0. The monoisotopic (exact) mass is 1440 g/mol. The molecule has 0 fully saturated rings. The van der Waals surface area contributed by atoms with Crippen molar-refractivity contribution < 1.29 is 42.9 Å². The van der Waals surface area contributed by atoms with E-state index in [0.717, 1.165) is 193 Å². The highest BCUT2D eigenvalue weighted by Gasteiger charge is 2.22. The third-order valence-corrected chi connectivity index (χ3v) is 15.3. The van der Waals surface area contributed by atoms with Gasteiger partial charge in [-0.1, -0.05) is 318 Å². The Morgan fingerprint density at radius 1 is 0.286 bits per heavy atom. The van der Waals surface area contributed by atoms with Crippen LogP contribution < -0.4 is 5.11 Å². The number of allylic oxidation sites excluding steroid dienone is 48. The quantitative estimate of drug-likeness (QED) is 0.0195. The van der Waals surface area contributed by atoms with Crippen LogP contribution in [0.5, 0.6) is 0 Å². The normalized spacial score (nSPS) is 14.3. The van der Waals surface area contributed by atoms with Crippen molar-refractivity contribution in [2.24, 2.45) is 0 Å². The number of hydrogen-bond acceptors (Lipinski definition) is 8. The van der Waals surface area contributed by atoms with E-state index in [0.29, 0.717) is 23.9 Å². The minimum Gasteiger partial charge on any atom is -0.545 e. The lowest BCUT2D eigenvalue weighted by atomic mass is 10.1. The number of nitrogens with zero attached hydrogens (tertiary/aromatic N) is 1. The Bertz CT molecular complexity index is 2840. The second-order valence-corrected chi connectivity index (χ2v) is 26.2. The minimum absolute atomic E-state index is 0.118. The molecule has 105 heavy (non-hydrogen) atoms. The Labute approximate surface area is 641 Å². The van der Waals surface area contributed by atoms with E-state index < -0.39 is 30.3 Å². The first-order chi connectivity index (χ1) is 51.6. The van der Waals surface area contributed by atoms with Crippen LogP contribution >= 0.6 is 0 Å². The minimum atomic E-state index is -1.66. The summed E-state index contributed by atoms with van der Waals surface area (Å²) < 4.78 is 22.7. The van der Waals surface area contributed by atoms with Crippen LogP contribution in [-0.4, -0.2) is 82.3 Å². The van der Waals surface area contributed by atoms with Gasteiger partial charge in [-0.3, -0.25) is 9.59 Å². The average Bonchev–Trinajstić information content (AvgIpc) is 1.18. The molecule has 0 bridgehead atoms. The molecule has 0 radical (unpaired) electrons. The van der Waals surface area contributed by atoms with Gasteiger partial charge in [-0.05, 0) is 193 Å². The van der Waals surface area contributed by atoms with E-state index >= 15 is 0 Å². The van der Waals surface area contributed by atoms with Crippen LogP contribution in [0.25, 0.3) is 0 Å². The van der Waals surface area contributed by atoms with Crippen LogP contribution in [-0.2, 0) is 33.3 Å². The number of carbonyl (C=O) groups excluding carboxylic acids is 3. The zero-order valence-corrected chi connectivity index (χ0v) is 66.0. The Morgan fingerprint density at radius 2 is 0.514 bits per heavy atom. The van der Waals surface area contributed by atoms with Crippen LogP contribution in [0.1, 0.15) is 232 Å². The standard InChI is InChI=1S/C96H141NO8/c1-6-8-10-12-14-16-18-20-22-24-26-28-30-32-34-36-38-40-42-44-46-47-49-51-53-55-57-59-61-63-65-67-69-71-73-75-77-79-81-83-85-87-94(99)105-92(91-104-96(95(100)101)102-89-88-97(3,4)5)90-103-93(98)86-84-82-80-78-76-74-72-70-68-66-64-62-60-58-56-54-52-50-48-45-43-41-39-37-35-33-31-29-27-25-23-21-19-17-15-13-11-9-7-2/h8-11,14-17,20-23,26-29,32-35,38-41,44-46,48-49,51-52,54-55,57-58,60-61,63-64,66-67,69-70,72-73,75-76,78,92,96H,6-7,12-13,18-19,24-25,30-31,36-37,42-43,47,50,53,56,59,62,65,68,71,74,77,79-91H2,1-5H3/b10-8-,11-9-,16-14-,17-15-,22-20-,23-21-,28-26-,29-27-,34-32-,35-33-,40-38-,41-39-,46-44-,48-45-,51-49-,54-52-,57-55-,60-58-,63-61-,66-64-,69-67-,72-70-,75-73-,78-76-. The number of esters is 2. The first kappa shape index (κ1) is 97.0. The first-order valence-electron chi connectivity index (χ1n) is 39.8. The molecule has 0 saturated heterocycles. The molecule has 2 unspecified atom stereocenters. The summed E-state index contributed by atoms with van der Waals surface area (Å²) in [5, 5.41) is 11.9. The van der Waals surface area contributed by atoms with Crippen molar-refractivity contribution in [1.29, 1.82) is 0 Å². The summed E-state index contributed by atoms with van der Waals surface area (Å²) >= 11 is 0. The van der Waals surface area contributed by atoms with Crippen molar-refractivity contribution in [2.45, 2.75) is 245 Å². The van der Waals surface area contributed by atoms with Gasteiger partial charge in [0.15, 0.2) is 12.4 Å². The molecule has 0 amide bonds. The predicted molar refractivity (Wildman–Crippen MR) is 452 cm³/mol. The largest absolute Gasteiger partial charge is 0.545 e. The number of hydrogen-bond donors (Lipinski definition) is 0. The fourth-order valence-electron chi connectivity index (χ4n) is 9.38. The van der Waals surface area contributed by atoms with Gasteiger partial charge < -0.3 is 33.3 Å². The number of unbranched alkanes of at least 4 members (excludes halogenated alkanes) is 6. The Morgan fingerprint density at radius 3 is 0.771 bits per heavy atom. The molecule has 578 valence electrons. The van der Waals surface area contributed by atoms with Gasteiger partial charge in [-0.15, -0.1) is 0 Å². The van der Waals surface area contributed by atoms with E-state index in [1.165, 1.54) is 0 Å². The van der Waals surface area contributed by atoms with Crippen molar-refractivity contribution in [3.8, 4) is 0 Å². The fourth-order valence-corrected chi connectivity index (χ4v) is 9.38. The highest BCUT2D eigenvalue weighted by atomic mass is 16.7. The van der Waals surface area contributed by atoms with Gasteiger partial charge in [-0.2, -0.15) is 0 Å². The molecule has 0 aromatic heterocycles. The van der Waals surface area contributed by atoms with E-state index in [2.05, 4.69) is 305 Å². The number of carboxylic acid groups (broad SMARTS) is 1. The molecule has 9 heteroatoms. The van der Waals surface area contributed by atoms with Crippen molar-refractivity contribution in [3.05, 3.63) is 292 Å². The lowest BCUT2D eigenvalue weighted by Crippen LogP contribution is -2.44. The number of carboxylic acids is 1. The highest BCUT2D eigenvalue weighted by molar-refractivity contribution is 5.70. The Kier molecular flexibility index (Phi) is 75.5. The summed E-state index contributed by atoms with van der Waals surface area (Å²) in [7, 11) is 5.88. The summed E-state index contributed by atoms with van der Waals surface area (Å²) in [5.74, 6) is -2.42. The van der Waals surface area contributed by atoms with Crippen molar-refractivity contribution >= 4 is 17.9 Å². The van der Waals surface area contributed by atoms with Gasteiger partial charge in [0.1, 0.15) is 13.2 Å². The molecule has 0 N–H and O–H groups in total. The summed E-state index contributed by atoms with van der Waals surface area (Å²) in [6.45, 7) is 4.39. The maximum absolute atomic E-state index is 13.0. The maximum Gasteiger partial charge on any atom is 0.306 e. The average molecular weight is 1440 g/mol. The molecule has 0 aromatic carbocycles. The van der Waals surface area contributed by atoms with Gasteiger partial charge in [-0.25, -0.2) is 0 Å². The summed E-state index contributed by atoms with van der Waals surface area (Å²) in [6.07, 6.45) is 134. The molecule has 0 spiro atoms. The maximum atomic E-state index is 13.0. The fraction of sp³-hybridized carbons (Fsp3) is 0.469. The topological polar surface area (TPSA) is 111 Å². The smallest absolute Gasteiger partial charge is 0.306 e. The van der Waals surface area contributed by atoms with E-state index in [1.54, 1.807) is 0 Å². The van der Waals surface area contributed by atoms with E-state index in [-0.39, 0.29) is 32.7 Å². The van der Waals surface area contributed by atoms with Crippen LogP contribution in [0.15, 0.2) is 292 Å². The molecule has 0 aliphatic heterocycles. The first-order valence-corrected chi connectivity index (χ1v) is 39.8. The third-order valence-electron chi connectivity index (χ3n) is 15.3.